The minimum atomic E-state index is -3.76. The first kappa shape index (κ1) is 18.2. The van der Waals surface area contributed by atoms with E-state index in [4.69, 9.17) is 21.1 Å². The maximum atomic E-state index is 12.7. The Bertz CT molecular complexity index is 659. The number of carbonyl (C=O) groups is 1. The van der Waals surface area contributed by atoms with E-state index >= 15 is 0 Å². The zero-order valence-corrected chi connectivity index (χ0v) is 14.3. The van der Waals surface area contributed by atoms with Crippen LogP contribution in [0, 0.1) is 0 Å². The molecule has 1 amide bonds. The topological polar surface area (TPSA) is 84.9 Å². The molecule has 1 aliphatic heterocycles. The predicted molar refractivity (Wildman–Crippen MR) is 85.2 cm³/mol. The molecular weight excluding hydrogens is 344 g/mol. The summed E-state index contributed by atoms with van der Waals surface area (Å²) in [7, 11) is -2.23. The number of benzene rings is 1. The van der Waals surface area contributed by atoms with Crippen LogP contribution >= 0.6 is 11.6 Å². The Balaban J connectivity index is 2.24. The number of ether oxygens (including phenoxy) is 2. The summed E-state index contributed by atoms with van der Waals surface area (Å²) in [5.41, 5.74) is 0.234. The van der Waals surface area contributed by atoms with Gasteiger partial charge in [-0.1, -0.05) is 11.6 Å². The molecule has 0 spiro atoms. The average Bonchev–Trinajstić information content (AvgIpc) is 2.56. The number of nitrogens with zero attached hydrogens (tertiary/aromatic N) is 1. The lowest BCUT2D eigenvalue weighted by atomic mass is 10.2. The van der Waals surface area contributed by atoms with Gasteiger partial charge in [0.2, 0.25) is 10.0 Å². The number of amides is 1. The third kappa shape index (κ3) is 4.42. The van der Waals surface area contributed by atoms with E-state index in [1.807, 2.05) is 0 Å². The van der Waals surface area contributed by atoms with Crippen LogP contribution in [0.15, 0.2) is 23.1 Å². The Kier molecular flexibility index (Phi) is 6.37. The van der Waals surface area contributed by atoms with Gasteiger partial charge in [0.05, 0.1) is 24.8 Å². The maximum Gasteiger partial charge on any atom is 0.251 e. The van der Waals surface area contributed by atoms with Gasteiger partial charge in [0.1, 0.15) is 4.90 Å². The van der Waals surface area contributed by atoms with Crippen molar-refractivity contribution in [3.05, 3.63) is 28.8 Å². The lowest BCUT2D eigenvalue weighted by Gasteiger charge is -2.26. The summed E-state index contributed by atoms with van der Waals surface area (Å²) in [5, 5.41) is 2.73. The van der Waals surface area contributed by atoms with Gasteiger partial charge in [0.15, 0.2) is 0 Å². The summed E-state index contributed by atoms with van der Waals surface area (Å²) in [4.78, 5) is 12.0. The number of methoxy groups -OCH3 is 1. The van der Waals surface area contributed by atoms with Crippen molar-refractivity contribution in [3.8, 4) is 0 Å². The third-order valence-electron chi connectivity index (χ3n) is 3.37. The number of hydrogen-bond donors (Lipinski definition) is 1. The standard InChI is InChI=1S/C14H19ClN2O5S/c1-21-7-4-16-14(18)11-2-3-12(15)13(10-11)23(19,20)17-5-8-22-9-6-17/h2-3,10H,4-9H2,1H3,(H,16,18). The third-order valence-corrected chi connectivity index (χ3v) is 5.75. The van der Waals surface area contributed by atoms with Gasteiger partial charge in [-0.05, 0) is 18.2 Å². The molecule has 1 fully saturated rings. The van der Waals surface area contributed by atoms with Crippen molar-refractivity contribution in [2.75, 3.05) is 46.6 Å². The maximum absolute atomic E-state index is 12.7. The smallest absolute Gasteiger partial charge is 0.251 e. The van der Waals surface area contributed by atoms with E-state index in [-0.39, 0.29) is 34.5 Å². The number of carbonyl (C=O) groups excluding carboxylic acids is 1. The number of halogens is 1. The molecule has 0 bridgehead atoms. The zero-order valence-electron chi connectivity index (χ0n) is 12.7. The SMILES string of the molecule is COCCNC(=O)c1ccc(Cl)c(S(=O)(=O)N2CCOCC2)c1. The minimum Gasteiger partial charge on any atom is -0.383 e. The van der Waals surface area contributed by atoms with E-state index in [9.17, 15) is 13.2 Å². The molecule has 1 N–H and O–H groups in total. The van der Waals surface area contributed by atoms with E-state index in [0.29, 0.717) is 26.4 Å². The van der Waals surface area contributed by atoms with Gasteiger partial charge in [-0.15, -0.1) is 0 Å². The molecule has 23 heavy (non-hydrogen) atoms. The Morgan fingerprint density at radius 3 is 2.74 bits per heavy atom. The predicted octanol–water partition coefficient (Wildman–Crippen LogP) is 0.737. The molecule has 0 unspecified atom stereocenters. The van der Waals surface area contributed by atoms with Gasteiger partial charge in [0.25, 0.3) is 5.91 Å². The first-order valence-electron chi connectivity index (χ1n) is 7.11. The fourth-order valence-corrected chi connectivity index (χ4v) is 4.05. The highest BCUT2D eigenvalue weighted by Crippen LogP contribution is 2.26. The van der Waals surface area contributed by atoms with Crippen LogP contribution in [0.2, 0.25) is 5.02 Å². The van der Waals surface area contributed by atoms with E-state index < -0.39 is 10.0 Å². The highest BCUT2D eigenvalue weighted by molar-refractivity contribution is 7.89. The summed E-state index contributed by atoms with van der Waals surface area (Å²) >= 11 is 6.04. The fourth-order valence-electron chi connectivity index (χ4n) is 2.14. The molecule has 2 rings (SSSR count). The van der Waals surface area contributed by atoms with Gasteiger partial charge >= 0.3 is 0 Å². The monoisotopic (exact) mass is 362 g/mol. The van der Waals surface area contributed by atoms with Crippen molar-refractivity contribution >= 4 is 27.5 Å². The van der Waals surface area contributed by atoms with Crippen molar-refractivity contribution in [2.24, 2.45) is 0 Å². The average molecular weight is 363 g/mol. The quantitative estimate of drug-likeness (QED) is 0.754. The van der Waals surface area contributed by atoms with Crippen molar-refractivity contribution in [1.29, 1.82) is 0 Å². The molecule has 0 aliphatic carbocycles. The summed E-state index contributed by atoms with van der Waals surface area (Å²) in [5.74, 6) is -0.378. The second kappa shape index (κ2) is 8.07. The number of sulfonamides is 1. The Morgan fingerprint density at radius 2 is 2.09 bits per heavy atom. The lowest BCUT2D eigenvalue weighted by Crippen LogP contribution is -2.40. The molecule has 1 aromatic rings. The van der Waals surface area contributed by atoms with Gasteiger partial charge in [-0.2, -0.15) is 4.31 Å². The molecule has 9 heteroatoms. The van der Waals surface area contributed by atoms with Crippen LogP contribution in [0.3, 0.4) is 0 Å². The second-order valence-corrected chi connectivity index (χ2v) is 7.22. The van der Waals surface area contributed by atoms with Crippen LogP contribution in [0.4, 0.5) is 0 Å². The van der Waals surface area contributed by atoms with Gasteiger partial charge in [0, 0.05) is 32.3 Å². The molecule has 0 atom stereocenters. The van der Waals surface area contributed by atoms with E-state index in [1.165, 1.54) is 29.6 Å². The van der Waals surface area contributed by atoms with Crippen LogP contribution in [0.1, 0.15) is 10.4 Å². The van der Waals surface area contributed by atoms with Crippen LogP contribution in [-0.2, 0) is 19.5 Å². The van der Waals surface area contributed by atoms with Crippen molar-refractivity contribution < 1.29 is 22.7 Å². The Hall–Kier alpha value is -1.19. The van der Waals surface area contributed by atoms with Gasteiger partial charge in [-0.25, -0.2) is 8.42 Å². The van der Waals surface area contributed by atoms with E-state index in [2.05, 4.69) is 5.32 Å². The molecule has 1 aliphatic rings. The molecule has 1 aromatic carbocycles. The molecule has 0 aromatic heterocycles. The normalized spacial score (nSPS) is 16.3. The molecule has 1 heterocycles. The van der Waals surface area contributed by atoms with Gasteiger partial charge < -0.3 is 14.8 Å². The fraction of sp³-hybridized carbons (Fsp3) is 0.500. The molecule has 0 radical (unpaired) electrons. The van der Waals surface area contributed by atoms with Crippen molar-refractivity contribution in [2.45, 2.75) is 4.90 Å². The van der Waals surface area contributed by atoms with Crippen LogP contribution in [-0.4, -0.2) is 65.2 Å². The molecule has 0 saturated carbocycles. The summed E-state index contributed by atoms with van der Waals surface area (Å²) in [6.45, 7) is 1.93. The van der Waals surface area contributed by atoms with E-state index in [0.717, 1.165) is 0 Å². The first-order valence-corrected chi connectivity index (χ1v) is 8.93. The van der Waals surface area contributed by atoms with E-state index in [1.54, 1.807) is 0 Å². The lowest BCUT2D eigenvalue weighted by molar-refractivity contribution is 0.0730. The molecule has 128 valence electrons. The highest BCUT2D eigenvalue weighted by atomic mass is 35.5. The van der Waals surface area contributed by atoms with Crippen molar-refractivity contribution in [1.82, 2.24) is 9.62 Å². The minimum absolute atomic E-state index is 0.0690. The molecule has 7 nitrogen and oxygen atoms in total. The summed E-state index contributed by atoms with van der Waals surface area (Å²) in [6.07, 6.45) is 0. The molecule has 1 saturated heterocycles. The van der Waals surface area contributed by atoms with Crippen LogP contribution < -0.4 is 5.32 Å². The zero-order chi connectivity index (χ0) is 16.9. The summed E-state index contributed by atoms with van der Waals surface area (Å²) < 4.78 is 36.7. The summed E-state index contributed by atoms with van der Waals surface area (Å²) in [6, 6.07) is 4.21. The Morgan fingerprint density at radius 1 is 1.39 bits per heavy atom. The van der Waals surface area contributed by atoms with Crippen molar-refractivity contribution in [3.63, 3.8) is 0 Å². The largest absolute Gasteiger partial charge is 0.383 e. The molecular formula is C14H19ClN2O5S. The first-order chi connectivity index (χ1) is 11.0. The second-order valence-electron chi connectivity index (χ2n) is 4.91. The number of hydrogen-bond acceptors (Lipinski definition) is 5. The number of rotatable bonds is 6. The Labute approximate surface area is 140 Å². The van der Waals surface area contributed by atoms with Crippen LogP contribution in [0.25, 0.3) is 0 Å². The number of morpholine rings is 1. The van der Waals surface area contributed by atoms with Crippen LogP contribution in [0.5, 0.6) is 0 Å². The number of nitrogens with one attached hydrogen (secondary N) is 1. The highest BCUT2D eigenvalue weighted by Gasteiger charge is 2.29. The van der Waals surface area contributed by atoms with Gasteiger partial charge in [-0.3, -0.25) is 4.79 Å².